The number of benzene rings is 1. The summed E-state index contributed by atoms with van der Waals surface area (Å²) >= 11 is 1.54. The number of nitrogen functional groups attached to an aromatic ring is 1. The zero-order chi connectivity index (χ0) is 13.8. The van der Waals surface area contributed by atoms with Crippen LogP contribution in [0, 0.1) is 6.92 Å². The number of anilines is 1. The molecule has 0 saturated heterocycles. The molecule has 19 heavy (non-hydrogen) atoms. The van der Waals surface area contributed by atoms with E-state index in [2.05, 4.69) is 5.32 Å². The van der Waals surface area contributed by atoms with Crippen molar-refractivity contribution in [2.75, 3.05) is 5.73 Å². The van der Waals surface area contributed by atoms with Crippen molar-refractivity contribution in [1.29, 1.82) is 0 Å². The number of rotatable bonds is 4. The van der Waals surface area contributed by atoms with Crippen LogP contribution < -0.4 is 11.1 Å². The highest BCUT2D eigenvalue weighted by Gasteiger charge is 2.21. The van der Waals surface area contributed by atoms with Crippen LogP contribution in [0.25, 0.3) is 0 Å². The predicted molar refractivity (Wildman–Crippen MR) is 81.3 cm³/mol. The maximum atomic E-state index is 12.1. The summed E-state index contributed by atoms with van der Waals surface area (Å²) in [5, 5.41) is 3.03. The quantitative estimate of drug-likeness (QED) is 0.657. The zero-order valence-electron chi connectivity index (χ0n) is 11.6. The molecular weight excluding hydrogens is 256 g/mol. The lowest BCUT2D eigenvalue weighted by Crippen LogP contribution is -2.37. The number of carbonyl (C=O) groups is 1. The third-order valence-electron chi connectivity index (χ3n) is 3.66. The molecule has 1 aromatic rings. The van der Waals surface area contributed by atoms with Crippen LogP contribution in [0.3, 0.4) is 0 Å². The van der Waals surface area contributed by atoms with Gasteiger partial charge in [0.05, 0.1) is 5.25 Å². The largest absolute Gasteiger partial charge is 0.398 e. The molecule has 2 rings (SSSR count). The molecule has 4 heteroatoms. The Kier molecular flexibility index (Phi) is 4.75. The number of amides is 1. The van der Waals surface area contributed by atoms with Crippen LogP contribution in [0.5, 0.6) is 0 Å². The van der Waals surface area contributed by atoms with Gasteiger partial charge in [-0.2, -0.15) is 0 Å². The summed E-state index contributed by atoms with van der Waals surface area (Å²) in [6.07, 6.45) is 4.71. The second kappa shape index (κ2) is 6.33. The monoisotopic (exact) mass is 278 g/mol. The zero-order valence-corrected chi connectivity index (χ0v) is 12.4. The molecule has 1 unspecified atom stereocenters. The van der Waals surface area contributed by atoms with E-state index in [1.165, 1.54) is 24.6 Å². The summed E-state index contributed by atoms with van der Waals surface area (Å²) in [5.41, 5.74) is 7.89. The van der Waals surface area contributed by atoms with Gasteiger partial charge in [-0.25, -0.2) is 0 Å². The van der Waals surface area contributed by atoms with Gasteiger partial charge >= 0.3 is 0 Å². The highest BCUT2D eigenvalue weighted by Crippen LogP contribution is 2.31. The molecule has 1 saturated carbocycles. The number of aryl methyl sites for hydroxylation is 1. The Morgan fingerprint density at radius 2 is 2.11 bits per heavy atom. The van der Waals surface area contributed by atoms with Crippen molar-refractivity contribution in [2.45, 2.75) is 55.7 Å². The van der Waals surface area contributed by atoms with Crippen LogP contribution in [0.4, 0.5) is 5.69 Å². The molecule has 0 aromatic heterocycles. The second-order valence-corrected chi connectivity index (χ2v) is 6.62. The molecule has 0 bridgehead atoms. The molecule has 3 nitrogen and oxygen atoms in total. The standard InChI is InChI=1S/C15H22N2OS/c1-10-6-5-9-13(14(10)16)19-11(2)15(18)17-12-7-3-4-8-12/h5-6,9,11-12H,3-4,7-8,16H2,1-2H3,(H,17,18). The average Bonchev–Trinajstić information content (AvgIpc) is 2.87. The van der Waals surface area contributed by atoms with Crippen molar-refractivity contribution in [3.8, 4) is 0 Å². The molecule has 104 valence electrons. The number of nitrogens with one attached hydrogen (secondary N) is 1. The van der Waals surface area contributed by atoms with Crippen LogP contribution in [-0.2, 0) is 4.79 Å². The van der Waals surface area contributed by atoms with Gasteiger partial charge in [0.1, 0.15) is 0 Å². The normalized spacial score (nSPS) is 17.4. The fourth-order valence-corrected chi connectivity index (χ4v) is 3.39. The first kappa shape index (κ1) is 14.3. The molecule has 3 N–H and O–H groups in total. The van der Waals surface area contributed by atoms with Crippen molar-refractivity contribution >= 4 is 23.4 Å². The fraction of sp³-hybridized carbons (Fsp3) is 0.533. The van der Waals surface area contributed by atoms with E-state index in [1.54, 1.807) is 0 Å². The van der Waals surface area contributed by atoms with Crippen molar-refractivity contribution in [3.05, 3.63) is 23.8 Å². The molecule has 1 aliphatic rings. The Hall–Kier alpha value is -1.16. The number of para-hydroxylation sites is 1. The summed E-state index contributed by atoms with van der Waals surface area (Å²) in [4.78, 5) is 13.1. The Balaban J connectivity index is 1.94. The minimum Gasteiger partial charge on any atom is -0.398 e. The summed E-state index contributed by atoms with van der Waals surface area (Å²) in [6, 6.07) is 6.33. The SMILES string of the molecule is Cc1cccc(SC(C)C(=O)NC2CCCC2)c1N. The minimum absolute atomic E-state index is 0.107. The molecule has 1 aliphatic carbocycles. The number of hydrogen-bond acceptors (Lipinski definition) is 3. The van der Waals surface area contributed by atoms with E-state index in [0.717, 1.165) is 29.0 Å². The van der Waals surface area contributed by atoms with Gasteiger partial charge in [0.15, 0.2) is 0 Å². The second-order valence-electron chi connectivity index (χ2n) is 5.24. The van der Waals surface area contributed by atoms with Crippen molar-refractivity contribution in [2.24, 2.45) is 0 Å². The average molecular weight is 278 g/mol. The van der Waals surface area contributed by atoms with Crippen LogP contribution in [0.15, 0.2) is 23.1 Å². The van der Waals surface area contributed by atoms with E-state index in [-0.39, 0.29) is 11.2 Å². The molecule has 1 amide bonds. The van der Waals surface area contributed by atoms with Crippen LogP contribution in [0.1, 0.15) is 38.2 Å². The molecule has 0 radical (unpaired) electrons. The number of thioether (sulfide) groups is 1. The molecule has 1 aromatic carbocycles. The van der Waals surface area contributed by atoms with E-state index in [4.69, 9.17) is 5.73 Å². The highest BCUT2D eigenvalue weighted by molar-refractivity contribution is 8.00. The van der Waals surface area contributed by atoms with E-state index < -0.39 is 0 Å². The maximum absolute atomic E-state index is 12.1. The first-order valence-electron chi connectivity index (χ1n) is 6.90. The molecule has 1 fully saturated rings. The minimum atomic E-state index is -0.107. The van der Waals surface area contributed by atoms with Gasteiger partial charge in [0, 0.05) is 16.6 Å². The molecule has 0 heterocycles. The summed E-state index contributed by atoms with van der Waals surface area (Å²) < 4.78 is 0. The molecule has 1 atom stereocenters. The molecular formula is C15H22N2OS. The van der Waals surface area contributed by atoms with Crippen LogP contribution >= 0.6 is 11.8 Å². The van der Waals surface area contributed by atoms with E-state index >= 15 is 0 Å². The summed E-state index contributed by atoms with van der Waals surface area (Å²) in [7, 11) is 0. The fourth-order valence-electron chi connectivity index (χ4n) is 2.39. The van der Waals surface area contributed by atoms with E-state index in [9.17, 15) is 4.79 Å². The third kappa shape index (κ3) is 3.66. The highest BCUT2D eigenvalue weighted by atomic mass is 32.2. The lowest BCUT2D eigenvalue weighted by atomic mass is 10.2. The van der Waals surface area contributed by atoms with Crippen LogP contribution in [0.2, 0.25) is 0 Å². The van der Waals surface area contributed by atoms with Gasteiger partial charge in [-0.3, -0.25) is 4.79 Å². The Labute approximate surface area is 119 Å². The van der Waals surface area contributed by atoms with Gasteiger partial charge in [-0.15, -0.1) is 11.8 Å². The number of carbonyl (C=O) groups excluding carboxylic acids is 1. The van der Waals surface area contributed by atoms with Gasteiger partial charge in [0.2, 0.25) is 5.91 Å². The maximum Gasteiger partial charge on any atom is 0.233 e. The number of nitrogens with two attached hydrogens (primary N) is 1. The first-order chi connectivity index (χ1) is 9.08. The first-order valence-corrected chi connectivity index (χ1v) is 7.78. The van der Waals surface area contributed by atoms with Crippen LogP contribution in [-0.4, -0.2) is 17.2 Å². The van der Waals surface area contributed by atoms with Crippen molar-refractivity contribution in [1.82, 2.24) is 5.32 Å². The van der Waals surface area contributed by atoms with E-state index in [1.807, 2.05) is 32.0 Å². The lowest BCUT2D eigenvalue weighted by molar-refractivity contribution is -0.120. The van der Waals surface area contributed by atoms with E-state index in [0.29, 0.717) is 6.04 Å². The van der Waals surface area contributed by atoms with Gasteiger partial charge in [0.25, 0.3) is 0 Å². The predicted octanol–water partition coefficient (Wildman–Crippen LogP) is 3.12. The van der Waals surface area contributed by atoms with Gasteiger partial charge < -0.3 is 11.1 Å². The van der Waals surface area contributed by atoms with Gasteiger partial charge in [-0.1, -0.05) is 25.0 Å². The van der Waals surface area contributed by atoms with Gasteiger partial charge in [-0.05, 0) is 38.3 Å². The third-order valence-corrected chi connectivity index (χ3v) is 4.84. The Bertz CT molecular complexity index is 455. The molecule has 0 aliphatic heterocycles. The Morgan fingerprint density at radius 3 is 2.79 bits per heavy atom. The van der Waals surface area contributed by atoms with Crippen molar-refractivity contribution < 1.29 is 4.79 Å². The summed E-state index contributed by atoms with van der Waals surface area (Å²) in [6.45, 7) is 3.93. The Morgan fingerprint density at radius 1 is 1.42 bits per heavy atom. The van der Waals surface area contributed by atoms with Crippen molar-refractivity contribution in [3.63, 3.8) is 0 Å². The summed E-state index contributed by atoms with van der Waals surface area (Å²) in [5.74, 6) is 0.123. The number of hydrogen-bond donors (Lipinski definition) is 2. The smallest absolute Gasteiger partial charge is 0.233 e. The topological polar surface area (TPSA) is 55.1 Å². The molecule has 0 spiro atoms. The lowest BCUT2D eigenvalue weighted by Gasteiger charge is -2.17.